The molecule has 20 heavy (non-hydrogen) atoms. The normalized spacial score (nSPS) is 18.9. The van der Waals surface area contributed by atoms with Crippen molar-refractivity contribution in [2.75, 3.05) is 6.54 Å². The van der Waals surface area contributed by atoms with E-state index in [1.54, 1.807) is 0 Å². The van der Waals surface area contributed by atoms with Crippen LogP contribution < -0.4 is 5.73 Å². The molecule has 2 rings (SSSR count). The molecular weight excluding hydrogens is 266 g/mol. The smallest absolute Gasteiger partial charge is 0.254 e. The summed E-state index contributed by atoms with van der Waals surface area (Å²) >= 11 is 0. The SMILES string of the molecule is NC(=O)CC1CCCCN1C(=O)c1ccc(F)c(F)c1. The summed E-state index contributed by atoms with van der Waals surface area (Å²) in [5, 5.41) is 0. The van der Waals surface area contributed by atoms with Gasteiger partial charge in [-0.05, 0) is 37.5 Å². The van der Waals surface area contributed by atoms with E-state index in [1.807, 2.05) is 0 Å². The second kappa shape index (κ2) is 5.98. The van der Waals surface area contributed by atoms with E-state index in [2.05, 4.69) is 0 Å². The highest BCUT2D eigenvalue weighted by Crippen LogP contribution is 2.22. The molecule has 6 heteroatoms. The molecule has 0 spiro atoms. The molecule has 2 amide bonds. The summed E-state index contributed by atoms with van der Waals surface area (Å²) in [6.07, 6.45) is 2.53. The van der Waals surface area contributed by atoms with Crippen molar-refractivity contribution in [2.45, 2.75) is 31.7 Å². The van der Waals surface area contributed by atoms with Crippen molar-refractivity contribution in [2.24, 2.45) is 5.73 Å². The van der Waals surface area contributed by atoms with Crippen molar-refractivity contribution in [1.29, 1.82) is 0 Å². The number of amides is 2. The topological polar surface area (TPSA) is 63.4 Å². The van der Waals surface area contributed by atoms with Crippen LogP contribution in [0.15, 0.2) is 18.2 Å². The van der Waals surface area contributed by atoms with E-state index >= 15 is 0 Å². The minimum absolute atomic E-state index is 0.0836. The van der Waals surface area contributed by atoms with Gasteiger partial charge in [-0.3, -0.25) is 9.59 Å². The van der Waals surface area contributed by atoms with Crippen molar-refractivity contribution in [3.8, 4) is 0 Å². The number of carbonyl (C=O) groups excluding carboxylic acids is 2. The highest BCUT2D eigenvalue weighted by molar-refractivity contribution is 5.94. The second-order valence-corrected chi connectivity index (χ2v) is 4.95. The van der Waals surface area contributed by atoms with E-state index in [0.29, 0.717) is 13.0 Å². The Kier molecular flexibility index (Phi) is 4.32. The molecule has 0 bridgehead atoms. The van der Waals surface area contributed by atoms with Gasteiger partial charge in [0.05, 0.1) is 0 Å². The number of nitrogens with two attached hydrogens (primary N) is 1. The number of benzene rings is 1. The molecule has 1 atom stereocenters. The monoisotopic (exact) mass is 282 g/mol. The highest BCUT2D eigenvalue weighted by Gasteiger charge is 2.28. The van der Waals surface area contributed by atoms with Gasteiger partial charge in [-0.1, -0.05) is 0 Å². The first-order valence-corrected chi connectivity index (χ1v) is 6.53. The largest absolute Gasteiger partial charge is 0.370 e. The quantitative estimate of drug-likeness (QED) is 0.919. The van der Waals surface area contributed by atoms with Crippen LogP contribution in [0.25, 0.3) is 0 Å². The average Bonchev–Trinajstić information content (AvgIpc) is 2.41. The van der Waals surface area contributed by atoms with E-state index < -0.39 is 23.4 Å². The number of likely N-dealkylation sites (tertiary alicyclic amines) is 1. The molecule has 4 nitrogen and oxygen atoms in total. The van der Waals surface area contributed by atoms with Crippen LogP contribution in [-0.2, 0) is 4.79 Å². The number of primary amides is 1. The Morgan fingerprint density at radius 2 is 2.00 bits per heavy atom. The Morgan fingerprint density at radius 1 is 1.25 bits per heavy atom. The van der Waals surface area contributed by atoms with Gasteiger partial charge in [0.2, 0.25) is 5.91 Å². The van der Waals surface area contributed by atoms with Crippen molar-refractivity contribution in [3.63, 3.8) is 0 Å². The second-order valence-electron chi connectivity index (χ2n) is 4.95. The Labute approximate surface area is 115 Å². The maximum Gasteiger partial charge on any atom is 0.254 e. The molecule has 1 unspecified atom stereocenters. The van der Waals surface area contributed by atoms with Crippen LogP contribution in [0.1, 0.15) is 36.0 Å². The van der Waals surface area contributed by atoms with Crippen molar-refractivity contribution in [3.05, 3.63) is 35.4 Å². The zero-order chi connectivity index (χ0) is 14.7. The standard InChI is InChI=1S/C14H16F2N2O2/c15-11-5-4-9(7-12(11)16)14(20)18-6-2-1-3-10(18)8-13(17)19/h4-5,7,10H,1-3,6,8H2,(H2,17,19). The zero-order valence-electron chi connectivity index (χ0n) is 10.9. The van der Waals surface area contributed by atoms with Gasteiger partial charge in [-0.15, -0.1) is 0 Å². The maximum atomic E-state index is 13.2. The molecule has 1 aliphatic heterocycles. The first kappa shape index (κ1) is 14.4. The van der Waals surface area contributed by atoms with Gasteiger partial charge >= 0.3 is 0 Å². The van der Waals surface area contributed by atoms with Crippen molar-refractivity contribution < 1.29 is 18.4 Å². The van der Waals surface area contributed by atoms with Crippen molar-refractivity contribution in [1.82, 2.24) is 4.90 Å². The number of carbonyl (C=O) groups is 2. The molecule has 2 N–H and O–H groups in total. The molecule has 0 aliphatic carbocycles. The van der Waals surface area contributed by atoms with Crippen LogP contribution in [0.2, 0.25) is 0 Å². The Bertz CT molecular complexity index is 534. The van der Waals surface area contributed by atoms with Crippen molar-refractivity contribution >= 4 is 11.8 Å². The minimum atomic E-state index is -1.06. The lowest BCUT2D eigenvalue weighted by atomic mass is 9.98. The summed E-state index contributed by atoms with van der Waals surface area (Å²) in [7, 11) is 0. The number of piperidine rings is 1. The van der Waals surface area contributed by atoms with Gasteiger partial charge in [0, 0.05) is 24.6 Å². The molecule has 1 aliphatic rings. The van der Waals surface area contributed by atoms with Gasteiger partial charge in [0.15, 0.2) is 11.6 Å². The Balaban J connectivity index is 2.20. The fraction of sp³-hybridized carbons (Fsp3) is 0.429. The van der Waals surface area contributed by atoms with Gasteiger partial charge in [-0.25, -0.2) is 8.78 Å². The van der Waals surface area contributed by atoms with Crippen LogP contribution in [0.4, 0.5) is 8.78 Å². The number of halogens is 2. The van der Waals surface area contributed by atoms with Gasteiger partial charge < -0.3 is 10.6 Å². The fourth-order valence-corrected chi connectivity index (χ4v) is 2.51. The molecule has 1 fully saturated rings. The van der Waals surface area contributed by atoms with Crippen LogP contribution in [0, 0.1) is 11.6 Å². The molecule has 108 valence electrons. The molecule has 1 aromatic rings. The van der Waals surface area contributed by atoms with Crippen LogP contribution in [0.3, 0.4) is 0 Å². The molecular formula is C14H16F2N2O2. The van der Waals surface area contributed by atoms with Crippen LogP contribution in [-0.4, -0.2) is 29.3 Å². The third-order valence-corrected chi connectivity index (χ3v) is 3.49. The third-order valence-electron chi connectivity index (χ3n) is 3.49. The number of hydrogen-bond acceptors (Lipinski definition) is 2. The van der Waals surface area contributed by atoms with Gasteiger partial charge in [-0.2, -0.15) is 0 Å². The number of rotatable bonds is 3. The highest BCUT2D eigenvalue weighted by atomic mass is 19.2. The summed E-state index contributed by atoms with van der Waals surface area (Å²) in [5.74, 6) is -2.91. The van der Waals surface area contributed by atoms with E-state index in [4.69, 9.17) is 5.73 Å². The lowest BCUT2D eigenvalue weighted by Gasteiger charge is -2.35. The summed E-state index contributed by atoms with van der Waals surface area (Å²) in [6, 6.07) is 2.79. The van der Waals surface area contributed by atoms with E-state index in [1.165, 1.54) is 11.0 Å². The molecule has 0 radical (unpaired) electrons. The summed E-state index contributed by atoms with van der Waals surface area (Å²) < 4.78 is 26.1. The lowest BCUT2D eigenvalue weighted by molar-refractivity contribution is -0.119. The molecule has 1 aromatic carbocycles. The van der Waals surface area contributed by atoms with Gasteiger partial charge in [0.1, 0.15) is 0 Å². The lowest BCUT2D eigenvalue weighted by Crippen LogP contribution is -2.45. The summed E-state index contributed by atoms with van der Waals surface area (Å²) in [6.45, 7) is 0.496. The summed E-state index contributed by atoms with van der Waals surface area (Å²) in [4.78, 5) is 24.9. The van der Waals surface area contributed by atoms with E-state index in [9.17, 15) is 18.4 Å². The average molecular weight is 282 g/mol. The molecule has 0 aromatic heterocycles. The molecule has 0 saturated carbocycles. The fourth-order valence-electron chi connectivity index (χ4n) is 2.51. The van der Waals surface area contributed by atoms with Gasteiger partial charge in [0.25, 0.3) is 5.91 Å². The summed E-state index contributed by atoms with van der Waals surface area (Å²) in [5.41, 5.74) is 5.27. The molecule has 1 saturated heterocycles. The maximum absolute atomic E-state index is 13.2. The Hall–Kier alpha value is -1.98. The van der Waals surface area contributed by atoms with Crippen LogP contribution in [0.5, 0.6) is 0 Å². The first-order chi connectivity index (χ1) is 9.49. The predicted molar refractivity (Wildman–Crippen MR) is 68.8 cm³/mol. The van der Waals surface area contributed by atoms with E-state index in [0.717, 1.165) is 25.0 Å². The van der Waals surface area contributed by atoms with Crippen LogP contribution >= 0.6 is 0 Å². The molecule has 1 heterocycles. The minimum Gasteiger partial charge on any atom is -0.370 e. The number of nitrogens with zero attached hydrogens (tertiary/aromatic N) is 1. The Morgan fingerprint density at radius 3 is 2.65 bits per heavy atom. The first-order valence-electron chi connectivity index (χ1n) is 6.53. The van der Waals surface area contributed by atoms with E-state index in [-0.39, 0.29) is 18.0 Å². The zero-order valence-corrected chi connectivity index (χ0v) is 10.9. The predicted octanol–water partition coefficient (Wildman–Crippen LogP) is 1.83. The third kappa shape index (κ3) is 3.12. The number of hydrogen-bond donors (Lipinski definition) is 1.